The summed E-state index contributed by atoms with van der Waals surface area (Å²) in [6, 6.07) is 12.5. The second-order valence-electron chi connectivity index (χ2n) is 6.50. The first-order valence-electron chi connectivity index (χ1n) is 9.05. The predicted octanol–water partition coefficient (Wildman–Crippen LogP) is 3.23. The Balaban J connectivity index is 1.68. The summed E-state index contributed by atoms with van der Waals surface area (Å²) in [5.41, 5.74) is 7.55. The third-order valence-corrected chi connectivity index (χ3v) is 5.75. The smallest absolute Gasteiger partial charge is 0.219 e. The van der Waals surface area contributed by atoms with Crippen molar-refractivity contribution in [2.24, 2.45) is 0 Å². The van der Waals surface area contributed by atoms with Gasteiger partial charge in [-0.1, -0.05) is 30.3 Å². The monoisotopic (exact) mass is 390 g/mol. The van der Waals surface area contributed by atoms with Gasteiger partial charge in [0.05, 0.1) is 24.2 Å². The van der Waals surface area contributed by atoms with Crippen LogP contribution in [0.2, 0.25) is 0 Å². The fraction of sp³-hybridized carbons (Fsp3) is 0.200. The molecule has 1 saturated heterocycles. The first-order chi connectivity index (χ1) is 13.8. The van der Waals surface area contributed by atoms with Gasteiger partial charge in [-0.15, -0.1) is 11.3 Å². The van der Waals surface area contributed by atoms with Gasteiger partial charge in [-0.2, -0.15) is 0 Å². The lowest BCUT2D eigenvalue weighted by atomic mass is 10.2. The number of benzene rings is 1. The van der Waals surface area contributed by atoms with Crippen LogP contribution in [0.5, 0.6) is 0 Å². The van der Waals surface area contributed by atoms with Gasteiger partial charge in [0.2, 0.25) is 5.95 Å². The summed E-state index contributed by atoms with van der Waals surface area (Å²) < 4.78 is 5.52. The van der Waals surface area contributed by atoms with Crippen LogP contribution in [0.3, 0.4) is 0 Å². The summed E-state index contributed by atoms with van der Waals surface area (Å²) in [4.78, 5) is 22.2. The Morgan fingerprint density at radius 3 is 2.46 bits per heavy atom. The highest BCUT2D eigenvalue weighted by Crippen LogP contribution is 2.37. The van der Waals surface area contributed by atoms with Crippen molar-refractivity contribution in [3.05, 3.63) is 48.8 Å². The average molecular weight is 390 g/mol. The number of nitrogens with two attached hydrogens (primary N) is 1. The molecule has 1 aliphatic rings. The van der Waals surface area contributed by atoms with E-state index in [1.807, 2.05) is 18.2 Å². The number of anilines is 2. The Hall–Kier alpha value is -3.10. The van der Waals surface area contributed by atoms with E-state index >= 15 is 0 Å². The van der Waals surface area contributed by atoms with E-state index in [4.69, 9.17) is 20.4 Å². The molecule has 0 saturated carbocycles. The first kappa shape index (κ1) is 17.0. The molecule has 1 aromatic carbocycles. The molecule has 5 rings (SSSR count). The number of nitrogens with zero attached hydrogens (tertiary/aromatic N) is 5. The van der Waals surface area contributed by atoms with Gasteiger partial charge in [0.1, 0.15) is 10.6 Å². The van der Waals surface area contributed by atoms with Crippen LogP contribution in [0, 0.1) is 0 Å². The second kappa shape index (κ2) is 7.14. The Bertz CT molecular complexity index is 1110. The fourth-order valence-corrected chi connectivity index (χ4v) is 4.28. The van der Waals surface area contributed by atoms with Gasteiger partial charge in [-0.05, 0) is 11.6 Å². The van der Waals surface area contributed by atoms with Gasteiger partial charge in [0, 0.05) is 30.4 Å². The maximum Gasteiger partial charge on any atom is 0.219 e. The molecular weight excluding hydrogens is 372 g/mol. The molecule has 4 aromatic rings. The van der Waals surface area contributed by atoms with Crippen molar-refractivity contribution in [1.82, 2.24) is 19.9 Å². The maximum absolute atomic E-state index is 5.63. The second-order valence-corrected chi connectivity index (χ2v) is 7.53. The van der Waals surface area contributed by atoms with Crippen molar-refractivity contribution in [3.8, 4) is 21.8 Å². The van der Waals surface area contributed by atoms with E-state index in [0.29, 0.717) is 19.0 Å². The minimum Gasteiger partial charge on any atom is -0.378 e. The minimum atomic E-state index is 0.237. The summed E-state index contributed by atoms with van der Waals surface area (Å²) in [5, 5.41) is 1.06. The lowest BCUT2D eigenvalue weighted by molar-refractivity contribution is 0.122. The molecule has 0 amide bonds. The van der Waals surface area contributed by atoms with Gasteiger partial charge in [-0.3, -0.25) is 0 Å². The summed E-state index contributed by atoms with van der Waals surface area (Å²) in [6.07, 6.45) is 3.33. The van der Waals surface area contributed by atoms with Crippen LogP contribution < -0.4 is 10.6 Å². The van der Waals surface area contributed by atoms with Gasteiger partial charge in [0.25, 0.3) is 0 Å². The van der Waals surface area contributed by atoms with Crippen LogP contribution in [0.15, 0.2) is 48.8 Å². The number of hydrogen-bond acceptors (Lipinski definition) is 8. The van der Waals surface area contributed by atoms with E-state index in [9.17, 15) is 0 Å². The van der Waals surface area contributed by atoms with E-state index in [-0.39, 0.29) is 5.95 Å². The summed E-state index contributed by atoms with van der Waals surface area (Å²) in [7, 11) is 0. The molecule has 28 heavy (non-hydrogen) atoms. The molecule has 3 aromatic heterocycles. The molecule has 4 heterocycles. The molecule has 0 bridgehead atoms. The van der Waals surface area contributed by atoms with Crippen LogP contribution in [-0.2, 0) is 4.74 Å². The van der Waals surface area contributed by atoms with Gasteiger partial charge >= 0.3 is 0 Å². The maximum atomic E-state index is 5.63. The molecule has 0 radical (unpaired) electrons. The highest BCUT2D eigenvalue weighted by Gasteiger charge is 2.20. The standard InChI is InChI=1S/C20H18N6OS/c21-20-22-11-14(12-23-20)17-24-18(26-6-8-27-9-7-26)15-10-16(28-19(15)25-17)13-4-2-1-3-5-13/h1-5,10-12H,6-9H2,(H2,21,22,23). The van der Waals surface area contributed by atoms with Gasteiger partial charge < -0.3 is 15.4 Å². The summed E-state index contributed by atoms with van der Waals surface area (Å²) in [5.74, 6) is 1.77. The Morgan fingerprint density at radius 1 is 0.964 bits per heavy atom. The van der Waals surface area contributed by atoms with Gasteiger partial charge in [0.15, 0.2) is 5.82 Å². The quantitative estimate of drug-likeness (QED) is 0.574. The van der Waals surface area contributed by atoms with Crippen LogP contribution in [0.25, 0.3) is 32.0 Å². The van der Waals surface area contributed by atoms with E-state index in [1.165, 1.54) is 10.4 Å². The van der Waals surface area contributed by atoms with Crippen LogP contribution >= 0.6 is 11.3 Å². The van der Waals surface area contributed by atoms with Crippen molar-refractivity contribution in [1.29, 1.82) is 0 Å². The van der Waals surface area contributed by atoms with E-state index in [0.717, 1.165) is 34.7 Å². The predicted molar refractivity (Wildman–Crippen MR) is 111 cm³/mol. The number of nitrogen functional groups attached to an aromatic ring is 1. The fourth-order valence-electron chi connectivity index (χ4n) is 3.25. The van der Waals surface area contributed by atoms with E-state index < -0.39 is 0 Å². The molecular formula is C20H18N6OS. The number of ether oxygens (including phenoxy) is 1. The summed E-state index contributed by atoms with van der Waals surface area (Å²) >= 11 is 1.67. The lowest BCUT2D eigenvalue weighted by Crippen LogP contribution is -2.37. The van der Waals surface area contributed by atoms with E-state index in [2.05, 4.69) is 33.1 Å². The molecule has 7 nitrogen and oxygen atoms in total. The number of thiophene rings is 1. The molecule has 8 heteroatoms. The first-order valence-corrected chi connectivity index (χ1v) is 9.87. The van der Waals surface area contributed by atoms with Crippen LogP contribution in [-0.4, -0.2) is 46.2 Å². The molecule has 1 aliphatic heterocycles. The average Bonchev–Trinajstić information content (AvgIpc) is 3.19. The molecule has 1 fully saturated rings. The molecule has 140 valence electrons. The van der Waals surface area contributed by atoms with E-state index in [1.54, 1.807) is 23.7 Å². The minimum absolute atomic E-state index is 0.237. The van der Waals surface area contributed by atoms with Crippen LogP contribution in [0.4, 0.5) is 11.8 Å². The third-order valence-electron chi connectivity index (χ3n) is 4.67. The lowest BCUT2D eigenvalue weighted by Gasteiger charge is -2.28. The zero-order valence-corrected chi connectivity index (χ0v) is 15.9. The molecule has 0 unspecified atom stereocenters. The van der Waals surface area contributed by atoms with Crippen molar-refractivity contribution in [2.75, 3.05) is 36.9 Å². The zero-order chi connectivity index (χ0) is 18.9. The number of rotatable bonds is 3. The topological polar surface area (TPSA) is 90.0 Å². The Labute approximate surface area is 165 Å². The SMILES string of the molecule is Nc1ncc(-c2nc(N3CCOCC3)c3cc(-c4ccccc4)sc3n2)cn1. The third kappa shape index (κ3) is 3.17. The summed E-state index contributed by atoms with van der Waals surface area (Å²) in [6.45, 7) is 3.00. The van der Waals surface area contributed by atoms with Crippen molar-refractivity contribution in [3.63, 3.8) is 0 Å². The largest absolute Gasteiger partial charge is 0.378 e. The zero-order valence-electron chi connectivity index (χ0n) is 15.1. The number of fused-ring (bicyclic) bond motifs is 1. The highest BCUT2D eigenvalue weighted by atomic mass is 32.1. The number of hydrogen-bond donors (Lipinski definition) is 1. The number of aromatic nitrogens is 4. The van der Waals surface area contributed by atoms with Crippen molar-refractivity contribution >= 4 is 33.3 Å². The molecule has 0 atom stereocenters. The van der Waals surface area contributed by atoms with Crippen molar-refractivity contribution in [2.45, 2.75) is 0 Å². The normalized spacial score (nSPS) is 14.5. The van der Waals surface area contributed by atoms with Gasteiger partial charge in [-0.25, -0.2) is 19.9 Å². The number of morpholine rings is 1. The van der Waals surface area contributed by atoms with Crippen LogP contribution in [0.1, 0.15) is 0 Å². The molecule has 2 N–H and O–H groups in total. The highest BCUT2D eigenvalue weighted by molar-refractivity contribution is 7.22. The molecule has 0 spiro atoms. The Kier molecular flexibility index (Phi) is 4.34. The van der Waals surface area contributed by atoms with Crippen molar-refractivity contribution < 1.29 is 4.74 Å². The Morgan fingerprint density at radius 2 is 1.71 bits per heavy atom. The molecule has 0 aliphatic carbocycles.